The van der Waals surface area contributed by atoms with Crippen molar-refractivity contribution in [2.75, 3.05) is 19.0 Å². The lowest BCUT2D eigenvalue weighted by molar-refractivity contribution is -0.136. The number of nitrogens with one attached hydrogen (secondary N) is 2. The van der Waals surface area contributed by atoms with Crippen LogP contribution in [0.15, 0.2) is 77.9 Å². The fraction of sp³-hybridized carbons (Fsp3) is 0.154. The van der Waals surface area contributed by atoms with E-state index in [1.807, 2.05) is 6.92 Å². The lowest BCUT2D eigenvalue weighted by atomic mass is 10.2. The Hall–Kier alpha value is -4.66. The highest BCUT2D eigenvalue weighted by Crippen LogP contribution is 2.22. The van der Waals surface area contributed by atoms with Crippen LogP contribution in [-0.2, 0) is 9.59 Å². The van der Waals surface area contributed by atoms with E-state index >= 15 is 0 Å². The fourth-order valence-corrected chi connectivity index (χ4v) is 2.84. The van der Waals surface area contributed by atoms with E-state index in [1.165, 1.54) is 13.3 Å². The molecule has 0 aliphatic rings. The summed E-state index contributed by atoms with van der Waals surface area (Å²) in [7, 11) is 1.46. The molecule has 9 heteroatoms. The zero-order valence-electron chi connectivity index (χ0n) is 19.3. The first-order valence-electron chi connectivity index (χ1n) is 10.8. The monoisotopic (exact) mass is 475 g/mol. The van der Waals surface area contributed by atoms with Gasteiger partial charge in [0.05, 0.1) is 31.2 Å². The molecule has 0 heterocycles. The molecule has 0 unspecified atom stereocenters. The summed E-state index contributed by atoms with van der Waals surface area (Å²) in [6, 6.07) is 19.9. The van der Waals surface area contributed by atoms with Crippen LogP contribution >= 0.6 is 0 Å². The van der Waals surface area contributed by atoms with Gasteiger partial charge >= 0.3 is 17.8 Å². The number of hydrazone groups is 1. The van der Waals surface area contributed by atoms with Gasteiger partial charge in [0.15, 0.2) is 0 Å². The molecular formula is C26H25N3O6. The first-order valence-corrected chi connectivity index (χ1v) is 10.8. The molecule has 180 valence electrons. The third-order valence-corrected chi connectivity index (χ3v) is 4.59. The van der Waals surface area contributed by atoms with Gasteiger partial charge in [-0.25, -0.2) is 10.2 Å². The van der Waals surface area contributed by atoms with Crippen molar-refractivity contribution in [3.05, 3.63) is 83.9 Å². The van der Waals surface area contributed by atoms with Gasteiger partial charge in [0.25, 0.3) is 0 Å². The van der Waals surface area contributed by atoms with Crippen LogP contribution in [0, 0.1) is 0 Å². The number of amides is 2. The largest absolute Gasteiger partial charge is 0.495 e. The third kappa shape index (κ3) is 7.43. The van der Waals surface area contributed by atoms with Crippen LogP contribution in [0.2, 0.25) is 0 Å². The first kappa shape index (κ1) is 25.0. The van der Waals surface area contributed by atoms with Crippen molar-refractivity contribution in [1.29, 1.82) is 0 Å². The summed E-state index contributed by atoms with van der Waals surface area (Å²) in [4.78, 5) is 36.3. The van der Waals surface area contributed by atoms with Crippen LogP contribution in [0.4, 0.5) is 5.69 Å². The summed E-state index contributed by atoms with van der Waals surface area (Å²) in [5.74, 6) is -0.865. The topological polar surface area (TPSA) is 115 Å². The number of nitrogens with zero attached hydrogens (tertiary/aromatic N) is 1. The Morgan fingerprint density at radius 3 is 2.26 bits per heavy atom. The van der Waals surface area contributed by atoms with Gasteiger partial charge in [0.1, 0.15) is 17.2 Å². The van der Waals surface area contributed by atoms with Crippen LogP contribution < -0.4 is 25.0 Å². The number of hydrogen-bond donors (Lipinski definition) is 2. The number of para-hydroxylation sites is 2. The standard InChI is InChI=1S/C26H25N3O6/c1-3-16-34-20-14-10-19(11-15-20)26(32)35-21-12-8-18(9-13-21)17-27-29-25(31)24(30)28-22-6-4-5-7-23(22)33-2/h4-15,17H,3,16H2,1-2H3,(H,28,30)(H,29,31)/b27-17-. The highest BCUT2D eigenvalue weighted by molar-refractivity contribution is 6.39. The molecule has 9 nitrogen and oxygen atoms in total. The predicted molar refractivity (Wildman–Crippen MR) is 131 cm³/mol. The smallest absolute Gasteiger partial charge is 0.343 e. The van der Waals surface area contributed by atoms with E-state index in [2.05, 4.69) is 15.8 Å². The van der Waals surface area contributed by atoms with E-state index < -0.39 is 17.8 Å². The van der Waals surface area contributed by atoms with Crippen LogP contribution in [0.3, 0.4) is 0 Å². The van der Waals surface area contributed by atoms with Crippen molar-refractivity contribution in [3.8, 4) is 17.2 Å². The lowest BCUT2D eigenvalue weighted by Crippen LogP contribution is -2.32. The minimum absolute atomic E-state index is 0.346. The Kier molecular flexibility index (Phi) is 8.95. The molecule has 0 aliphatic heterocycles. The zero-order chi connectivity index (χ0) is 25.0. The molecule has 2 amide bonds. The number of ether oxygens (including phenoxy) is 3. The number of esters is 1. The van der Waals surface area contributed by atoms with Crippen LogP contribution in [-0.4, -0.2) is 37.7 Å². The van der Waals surface area contributed by atoms with Gasteiger partial charge in [-0.05, 0) is 72.6 Å². The minimum Gasteiger partial charge on any atom is -0.495 e. The highest BCUT2D eigenvalue weighted by Gasteiger charge is 2.15. The van der Waals surface area contributed by atoms with Crippen molar-refractivity contribution in [1.82, 2.24) is 5.43 Å². The molecule has 0 fully saturated rings. The van der Waals surface area contributed by atoms with Crippen molar-refractivity contribution >= 4 is 29.7 Å². The van der Waals surface area contributed by atoms with Crippen LogP contribution in [0.5, 0.6) is 17.2 Å². The second-order valence-corrected chi connectivity index (χ2v) is 7.18. The van der Waals surface area contributed by atoms with E-state index in [1.54, 1.807) is 72.8 Å². The Balaban J connectivity index is 1.49. The van der Waals surface area contributed by atoms with Crippen LogP contribution in [0.25, 0.3) is 0 Å². The molecule has 0 radical (unpaired) electrons. The van der Waals surface area contributed by atoms with E-state index in [-0.39, 0.29) is 0 Å². The molecule has 0 bridgehead atoms. The average molecular weight is 476 g/mol. The van der Waals surface area contributed by atoms with E-state index in [0.29, 0.717) is 40.7 Å². The van der Waals surface area contributed by atoms with Gasteiger partial charge in [-0.1, -0.05) is 19.1 Å². The molecular weight excluding hydrogens is 450 g/mol. The number of rotatable bonds is 9. The Morgan fingerprint density at radius 1 is 0.886 bits per heavy atom. The maximum Gasteiger partial charge on any atom is 0.343 e. The number of hydrogen-bond acceptors (Lipinski definition) is 7. The summed E-state index contributed by atoms with van der Waals surface area (Å²) >= 11 is 0. The van der Waals surface area contributed by atoms with Crippen LogP contribution in [0.1, 0.15) is 29.3 Å². The molecule has 3 rings (SSSR count). The molecule has 0 aliphatic carbocycles. The quantitative estimate of drug-likeness (QED) is 0.160. The normalized spacial score (nSPS) is 10.5. The van der Waals surface area contributed by atoms with Crippen molar-refractivity contribution < 1.29 is 28.6 Å². The maximum absolute atomic E-state index is 12.3. The number of benzene rings is 3. The van der Waals surface area contributed by atoms with Gasteiger partial charge < -0.3 is 19.5 Å². The second-order valence-electron chi connectivity index (χ2n) is 7.18. The van der Waals surface area contributed by atoms with Gasteiger partial charge in [-0.2, -0.15) is 5.10 Å². The highest BCUT2D eigenvalue weighted by atomic mass is 16.5. The number of methoxy groups -OCH3 is 1. The molecule has 0 saturated heterocycles. The summed E-state index contributed by atoms with van der Waals surface area (Å²) in [6.07, 6.45) is 2.25. The Bertz CT molecular complexity index is 1190. The molecule has 0 saturated carbocycles. The number of carbonyl (C=O) groups is 3. The zero-order valence-corrected chi connectivity index (χ0v) is 19.3. The number of carbonyl (C=O) groups excluding carboxylic acids is 3. The molecule has 0 aromatic heterocycles. The van der Waals surface area contributed by atoms with Crippen molar-refractivity contribution in [2.24, 2.45) is 5.10 Å². The molecule has 2 N–H and O–H groups in total. The SMILES string of the molecule is CCCOc1ccc(C(=O)Oc2ccc(/C=N\NC(=O)C(=O)Nc3ccccc3OC)cc2)cc1. The molecule has 0 spiro atoms. The van der Waals surface area contributed by atoms with E-state index in [4.69, 9.17) is 14.2 Å². The Morgan fingerprint density at radius 2 is 1.57 bits per heavy atom. The van der Waals surface area contributed by atoms with Gasteiger partial charge in [0.2, 0.25) is 0 Å². The summed E-state index contributed by atoms with van der Waals surface area (Å²) in [6.45, 7) is 2.63. The van der Waals surface area contributed by atoms with E-state index in [0.717, 1.165) is 6.42 Å². The summed E-state index contributed by atoms with van der Waals surface area (Å²) < 4.78 is 16.0. The van der Waals surface area contributed by atoms with Crippen molar-refractivity contribution in [2.45, 2.75) is 13.3 Å². The fourth-order valence-electron chi connectivity index (χ4n) is 2.84. The lowest BCUT2D eigenvalue weighted by Gasteiger charge is -2.08. The molecule has 0 atom stereocenters. The maximum atomic E-state index is 12.3. The Labute approximate surface area is 202 Å². The van der Waals surface area contributed by atoms with E-state index in [9.17, 15) is 14.4 Å². The molecule has 3 aromatic rings. The molecule has 35 heavy (non-hydrogen) atoms. The summed E-state index contributed by atoms with van der Waals surface area (Å²) in [5.41, 5.74) is 3.54. The first-order chi connectivity index (χ1) is 17.0. The third-order valence-electron chi connectivity index (χ3n) is 4.59. The van der Waals surface area contributed by atoms with Crippen molar-refractivity contribution in [3.63, 3.8) is 0 Å². The predicted octanol–water partition coefficient (Wildman–Crippen LogP) is 3.79. The van der Waals surface area contributed by atoms with Gasteiger partial charge in [-0.15, -0.1) is 0 Å². The van der Waals surface area contributed by atoms with Gasteiger partial charge in [-0.3, -0.25) is 9.59 Å². The summed E-state index contributed by atoms with van der Waals surface area (Å²) in [5, 5.41) is 6.23. The molecule has 3 aromatic carbocycles. The average Bonchev–Trinajstić information content (AvgIpc) is 2.89. The number of anilines is 1. The van der Waals surface area contributed by atoms with Gasteiger partial charge in [0, 0.05) is 0 Å². The minimum atomic E-state index is -0.941. The second kappa shape index (κ2) is 12.5.